The van der Waals surface area contributed by atoms with Crippen LogP contribution in [0, 0.1) is 0 Å². The second-order valence-corrected chi connectivity index (χ2v) is 8.97. The van der Waals surface area contributed by atoms with E-state index in [0.717, 1.165) is 15.8 Å². The maximum absolute atomic E-state index is 13.3. The molecule has 0 unspecified atom stereocenters. The second kappa shape index (κ2) is 7.70. The highest BCUT2D eigenvalue weighted by molar-refractivity contribution is 8.00. The lowest BCUT2D eigenvalue weighted by atomic mass is 10.0. The fourth-order valence-corrected chi connectivity index (χ4v) is 4.24. The fraction of sp³-hybridized carbons (Fsp3) is 0.227. The summed E-state index contributed by atoms with van der Waals surface area (Å²) < 4.78 is 37.8. The van der Waals surface area contributed by atoms with Gasteiger partial charge in [-0.3, -0.25) is 4.79 Å². The number of nitrogens with zero attached hydrogens (tertiary/aromatic N) is 3. The molecule has 0 bridgehead atoms. The largest absolute Gasteiger partial charge is 0.446 e. The molecular formula is C22H19F3N4O2S. The van der Waals surface area contributed by atoms with Crippen LogP contribution in [-0.2, 0) is 11.3 Å². The smallest absolute Gasteiger partial charge is 0.384 e. The molecule has 1 aliphatic rings. The molecule has 3 amide bonds. The first-order chi connectivity index (χ1) is 15.0. The van der Waals surface area contributed by atoms with Gasteiger partial charge >= 0.3 is 11.5 Å². The first-order valence-corrected chi connectivity index (χ1v) is 10.4. The third-order valence-corrected chi connectivity index (χ3v) is 6.04. The van der Waals surface area contributed by atoms with E-state index >= 15 is 0 Å². The van der Waals surface area contributed by atoms with Crippen LogP contribution in [0.25, 0.3) is 10.9 Å². The number of urea groups is 1. The number of fused-ring (bicyclic) bond motifs is 1. The molecule has 1 aliphatic heterocycles. The molecule has 2 N–H and O–H groups in total. The second-order valence-electron chi connectivity index (χ2n) is 7.83. The van der Waals surface area contributed by atoms with Gasteiger partial charge in [-0.25, -0.2) is 14.7 Å². The predicted octanol–water partition coefficient (Wildman–Crippen LogP) is 5.18. The Labute approximate surface area is 186 Å². The Morgan fingerprint density at radius 3 is 2.38 bits per heavy atom. The Balaban J connectivity index is 1.66. The standard InChI is InChI=1S/C22H19F3N4O2S/c1-21(2)19(30)29(14-7-9-15(10-8-14)32-22(23,24)25)20(31)28(21)12-13-11-18(26)27-17-6-4-3-5-16(13)17/h3-11H,12H2,1-2H3,(H2,26,27). The normalized spacial score (nSPS) is 16.3. The van der Waals surface area contributed by atoms with E-state index in [9.17, 15) is 22.8 Å². The van der Waals surface area contributed by atoms with Crippen LogP contribution in [0.15, 0.2) is 59.5 Å². The summed E-state index contributed by atoms with van der Waals surface area (Å²) >= 11 is -0.258. The summed E-state index contributed by atoms with van der Waals surface area (Å²) in [7, 11) is 0. The number of hydrogen-bond acceptors (Lipinski definition) is 5. The quantitative estimate of drug-likeness (QED) is 0.429. The molecule has 1 fully saturated rings. The van der Waals surface area contributed by atoms with Gasteiger partial charge in [0.2, 0.25) is 0 Å². The van der Waals surface area contributed by atoms with Crippen molar-refractivity contribution in [1.82, 2.24) is 9.88 Å². The molecule has 1 aromatic heterocycles. The molecule has 0 atom stereocenters. The molecule has 1 saturated heterocycles. The van der Waals surface area contributed by atoms with E-state index in [1.54, 1.807) is 19.9 Å². The number of imide groups is 1. The van der Waals surface area contributed by atoms with E-state index in [-0.39, 0.29) is 28.9 Å². The van der Waals surface area contributed by atoms with Crippen LogP contribution < -0.4 is 10.6 Å². The molecule has 2 heterocycles. The van der Waals surface area contributed by atoms with Crippen LogP contribution in [0.5, 0.6) is 0 Å². The first-order valence-electron chi connectivity index (χ1n) is 9.63. The third kappa shape index (κ3) is 3.97. The molecular weight excluding hydrogens is 441 g/mol. The zero-order valence-electron chi connectivity index (χ0n) is 17.2. The van der Waals surface area contributed by atoms with Crippen molar-refractivity contribution < 1.29 is 22.8 Å². The van der Waals surface area contributed by atoms with Crippen LogP contribution in [0.4, 0.5) is 29.5 Å². The molecule has 4 rings (SSSR count). The molecule has 32 heavy (non-hydrogen) atoms. The number of anilines is 2. The molecule has 166 valence electrons. The molecule has 0 aliphatic carbocycles. The van der Waals surface area contributed by atoms with Crippen LogP contribution in [0.1, 0.15) is 19.4 Å². The van der Waals surface area contributed by atoms with Gasteiger partial charge in [0.05, 0.1) is 11.2 Å². The predicted molar refractivity (Wildman–Crippen MR) is 117 cm³/mol. The van der Waals surface area contributed by atoms with Crippen molar-refractivity contribution in [1.29, 1.82) is 0 Å². The molecule has 2 aromatic carbocycles. The number of alkyl halides is 3. The van der Waals surface area contributed by atoms with E-state index in [2.05, 4.69) is 4.98 Å². The van der Waals surface area contributed by atoms with Crippen LogP contribution >= 0.6 is 11.8 Å². The monoisotopic (exact) mass is 460 g/mol. The van der Waals surface area contributed by atoms with Gasteiger partial charge in [0.25, 0.3) is 5.91 Å². The summed E-state index contributed by atoms with van der Waals surface area (Å²) in [5.74, 6) is -0.172. The number of pyridine rings is 1. The Morgan fingerprint density at radius 1 is 1.06 bits per heavy atom. The average Bonchev–Trinajstić information content (AvgIpc) is 2.87. The first kappa shape index (κ1) is 21.9. The topological polar surface area (TPSA) is 79.5 Å². The summed E-state index contributed by atoms with van der Waals surface area (Å²) in [5, 5.41) is 0.810. The SMILES string of the molecule is CC1(C)C(=O)N(c2ccc(SC(F)(F)F)cc2)C(=O)N1Cc1cc(N)nc2ccccc12. The number of amides is 3. The number of benzene rings is 2. The lowest BCUT2D eigenvalue weighted by Crippen LogP contribution is -2.43. The van der Waals surface area contributed by atoms with Crippen LogP contribution in [0.3, 0.4) is 0 Å². The molecule has 0 radical (unpaired) electrons. The lowest BCUT2D eigenvalue weighted by Gasteiger charge is -2.28. The van der Waals surface area contributed by atoms with Crippen molar-refractivity contribution in [3.05, 3.63) is 60.2 Å². The van der Waals surface area contributed by atoms with Gasteiger partial charge in [-0.15, -0.1) is 0 Å². The van der Waals surface area contributed by atoms with Crippen molar-refractivity contribution in [3.8, 4) is 0 Å². The summed E-state index contributed by atoms with van der Waals surface area (Å²) in [6.45, 7) is 3.38. The van der Waals surface area contributed by atoms with E-state index in [1.165, 1.54) is 29.2 Å². The van der Waals surface area contributed by atoms with E-state index in [1.807, 2.05) is 24.3 Å². The van der Waals surface area contributed by atoms with Crippen molar-refractivity contribution >= 4 is 46.1 Å². The van der Waals surface area contributed by atoms with Gasteiger partial charge in [-0.2, -0.15) is 13.2 Å². The van der Waals surface area contributed by atoms with Crippen LogP contribution in [-0.4, -0.2) is 32.9 Å². The Kier molecular flexibility index (Phi) is 5.28. The number of nitrogens with two attached hydrogens (primary N) is 1. The average molecular weight is 460 g/mol. The number of carbonyl (C=O) groups excluding carboxylic acids is 2. The number of hydrogen-bond donors (Lipinski definition) is 1. The van der Waals surface area contributed by atoms with Crippen molar-refractivity contribution in [2.45, 2.75) is 36.3 Å². The van der Waals surface area contributed by atoms with Gasteiger partial charge < -0.3 is 10.6 Å². The van der Waals surface area contributed by atoms with Gasteiger partial charge in [0.15, 0.2) is 0 Å². The number of para-hydroxylation sites is 1. The highest BCUT2D eigenvalue weighted by Gasteiger charge is 2.51. The van der Waals surface area contributed by atoms with Crippen molar-refractivity contribution in [2.75, 3.05) is 10.6 Å². The lowest BCUT2D eigenvalue weighted by molar-refractivity contribution is -0.123. The minimum atomic E-state index is -4.42. The molecule has 0 spiro atoms. The van der Waals surface area contributed by atoms with Crippen molar-refractivity contribution in [3.63, 3.8) is 0 Å². The molecule has 3 aromatic rings. The zero-order valence-corrected chi connectivity index (χ0v) is 18.0. The number of carbonyl (C=O) groups is 2. The summed E-state index contributed by atoms with van der Waals surface area (Å²) in [6.07, 6.45) is 0. The number of thioether (sulfide) groups is 1. The molecule has 6 nitrogen and oxygen atoms in total. The van der Waals surface area contributed by atoms with E-state index in [4.69, 9.17) is 5.73 Å². The van der Waals surface area contributed by atoms with Gasteiger partial charge in [0.1, 0.15) is 11.4 Å². The summed E-state index contributed by atoms with van der Waals surface area (Å²) in [4.78, 5) is 33.1. The Bertz CT molecular complexity index is 1210. The maximum Gasteiger partial charge on any atom is 0.446 e. The highest BCUT2D eigenvalue weighted by atomic mass is 32.2. The highest BCUT2D eigenvalue weighted by Crippen LogP contribution is 2.39. The number of aromatic nitrogens is 1. The zero-order chi connectivity index (χ0) is 23.3. The number of nitrogen functional groups attached to an aromatic ring is 1. The van der Waals surface area contributed by atoms with Crippen molar-refractivity contribution in [2.24, 2.45) is 0 Å². The van der Waals surface area contributed by atoms with E-state index in [0.29, 0.717) is 11.3 Å². The van der Waals surface area contributed by atoms with Gasteiger partial charge in [-0.05, 0) is 67.6 Å². The summed E-state index contributed by atoms with van der Waals surface area (Å²) in [5.41, 5.74) is 1.96. The molecule has 0 saturated carbocycles. The van der Waals surface area contributed by atoms with E-state index < -0.39 is 23.0 Å². The number of rotatable bonds is 4. The minimum absolute atomic E-state index is 0.0322. The summed E-state index contributed by atoms with van der Waals surface area (Å²) in [6, 6.07) is 13.6. The van der Waals surface area contributed by atoms with Crippen LogP contribution in [0.2, 0.25) is 0 Å². The number of halogens is 3. The molecule has 10 heteroatoms. The van der Waals surface area contributed by atoms with Gasteiger partial charge in [0, 0.05) is 16.8 Å². The Hall–Kier alpha value is -3.27. The minimum Gasteiger partial charge on any atom is -0.384 e. The third-order valence-electron chi connectivity index (χ3n) is 5.30. The maximum atomic E-state index is 13.3. The van der Waals surface area contributed by atoms with Gasteiger partial charge in [-0.1, -0.05) is 18.2 Å². The Morgan fingerprint density at radius 2 is 1.72 bits per heavy atom. The fourth-order valence-electron chi connectivity index (χ4n) is 3.70.